The molecule has 0 bridgehead atoms. The van der Waals surface area contributed by atoms with Crippen LogP contribution in [0.5, 0.6) is 0 Å². The van der Waals surface area contributed by atoms with Gasteiger partial charge in [-0.25, -0.2) is 4.79 Å². The summed E-state index contributed by atoms with van der Waals surface area (Å²) in [7, 11) is 0. The van der Waals surface area contributed by atoms with Crippen LogP contribution in [0.15, 0.2) is 18.2 Å². The van der Waals surface area contributed by atoms with Crippen molar-refractivity contribution in [3.63, 3.8) is 0 Å². The number of carboxylic acids is 1. The first kappa shape index (κ1) is 15.5. The van der Waals surface area contributed by atoms with Crippen LogP contribution in [0.4, 0.5) is 5.69 Å². The lowest BCUT2D eigenvalue weighted by Crippen LogP contribution is -2.34. The van der Waals surface area contributed by atoms with Crippen molar-refractivity contribution in [2.45, 2.75) is 46.0 Å². The van der Waals surface area contributed by atoms with E-state index in [0.717, 1.165) is 43.4 Å². The highest BCUT2D eigenvalue weighted by Crippen LogP contribution is 2.31. The quantitative estimate of drug-likeness (QED) is 0.872. The van der Waals surface area contributed by atoms with E-state index in [4.69, 9.17) is 5.11 Å². The van der Waals surface area contributed by atoms with Crippen molar-refractivity contribution in [2.75, 3.05) is 11.4 Å². The number of hydrogen-bond donors (Lipinski definition) is 1. The SMILES string of the molecule is CCCC(CCC)C(=O)N1CCc2cc(C(=O)O)ccc21. The van der Waals surface area contributed by atoms with Crippen LogP contribution in [0, 0.1) is 5.92 Å². The molecule has 0 radical (unpaired) electrons. The molecule has 1 heterocycles. The van der Waals surface area contributed by atoms with Gasteiger partial charge in [0.1, 0.15) is 0 Å². The molecule has 1 aromatic carbocycles. The van der Waals surface area contributed by atoms with Gasteiger partial charge in [0.15, 0.2) is 0 Å². The van der Waals surface area contributed by atoms with Crippen molar-refractivity contribution in [3.05, 3.63) is 29.3 Å². The highest BCUT2D eigenvalue weighted by molar-refractivity contribution is 5.98. The molecule has 1 aliphatic heterocycles. The number of fused-ring (bicyclic) bond motifs is 1. The molecule has 2 rings (SSSR count). The van der Waals surface area contributed by atoms with Crippen LogP contribution in [-0.4, -0.2) is 23.5 Å². The van der Waals surface area contributed by atoms with Gasteiger partial charge >= 0.3 is 5.97 Å². The highest BCUT2D eigenvalue weighted by atomic mass is 16.4. The molecule has 0 unspecified atom stereocenters. The van der Waals surface area contributed by atoms with Gasteiger partial charge in [-0.2, -0.15) is 0 Å². The molecule has 0 spiro atoms. The lowest BCUT2D eigenvalue weighted by Gasteiger charge is -2.23. The number of aromatic carboxylic acids is 1. The summed E-state index contributed by atoms with van der Waals surface area (Å²) >= 11 is 0. The van der Waals surface area contributed by atoms with Crippen LogP contribution >= 0.6 is 0 Å². The highest BCUT2D eigenvalue weighted by Gasteiger charge is 2.29. The lowest BCUT2D eigenvalue weighted by atomic mass is 9.96. The van der Waals surface area contributed by atoms with Gasteiger partial charge in [-0.1, -0.05) is 26.7 Å². The third-order valence-electron chi connectivity index (χ3n) is 4.11. The zero-order valence-corrected chi connectivity index (χ0v) is 12.8. The zero-order chi connectivity index (χ0) is 15.4. The van der Waals surface area contributed by atoms with Gasteiger partial charge in [-0.15, -0.1) is 0 Å². The van der Waals surface area contributed by atoms with E-state index >= 15 is 0 Å². The molecule has 0 atom stereocenters. The monoisotopic (exact) mass is 289 g/mol. The maximum Gasteiger partial charge on any atom is 0.335 e. The van der Waals surface area contributed by atoms with Crippen molar-refractivity contribution in [1.82, 2.24) is 0 Å². The normalized spacial score (nSPS) is 13.6. The first-order chi connectivity index (χ1) is 10.1. The van der Waals surface area contributed by atoms with Gasteiger partial charge < -0.3 is 10.0 Å². The van der Waals surface area contributed by atoms with Gasteiger partial charge in [0.25, 0.3) is 0 Å². The number of nitrogens with zero attached hydrogens (tertiary/aromatic N) is 1. The predicted octanol–water partition coefficient (Wildman–Crippen LogP) is 3.49. The molecule has 1 aromatic rings. The fourth-order valence-corrected chi connectivity index (χ4v) is 3.07. The number of amides is 1. The van der Waals surface area contributed by atoms with Crippen molar-refractivity contribution < 1.29 is 14.7 Å². The van der Waals surface area contributed by atoms with Crippen LogP contribution in [-0.2, 0) is 11.2 Å². The largest absolute Gasteiger partial charge is 0.478 e. The Balaban J connectivity index is 2.21. The number of carboxylic acid groups (broad SMARTS) is 1. The Bertz CT molecular complexity index is 533. The van der Waals surface area contributed by atoms with Crippen LogP contribution in [0.3, 0.4) is 0 Å². The van der Waals surface area contributed by atoms with Gasteiger partial charge in [-0.05, 0) is 43.0 Å². The molecule has 0 aromatic heterocycles. The van der Waals surface area contributed by atoms with E-state index in [1.807, 2.05) is 4.90 Å². The molecule has 1 aliphatic rings. The summed E-state index contributed by atoms with van der Waals surface area (Å²) < 4.78 is 0. The Labute approximate surface area is 125 Å². The van der Waals surface area contributed by atoms with E-state index in [-0.39, 0.29) is 11.8 Å². The number of benzene rings is 1. The third kappa shape index (κ3) is 3.26. The Morgan fingerprint density at radius 1 is 1.24 bits per heavy atom. The number of rotatable bonds is 6. The van der Waals surface area contributed by atoms with E-state index < -0.39 is 5.97 Å². The van der Waals surface area contributed by atoms with Crippen LogP contribution in [0.2, 0.25) is 0 Å². The maximum absolute atomic E-state index is 12.7. The van der Waals surface area contributed by atoms with Crippen molar-refractivity contribution in [3.8, 4) is 0 Å². The van der Waals surface area contributed by atoms with E-state index in [0.29, 0.717) is 12.1 Å². The standard InChI is InChI=1S/C17H23NO3/c1-3-5-12(6-4-2)16(19)18-10-9-13-11-14(17(20)21)7-8-15(13)18/h7-8,11-12H,3-6,9-10H2,1-2H3,(H,20,21). The van der Waals surface area contributed by atoms with Gasteiger partial charge in [-0.3, -0.25) is 4.79 Å². The summed E-state index contributed by atoms with van der Waals surface area (Å²) in [5.74, 6) is -0.636. The minimum Gasteiger partial charge on any atom is -0.478 e. The first-order valence-electron chi connectivity index (χ1n) is 7.76. The second-order valence-corrected chi connectivity index (χ2v) is 5.66. The third-order valence-corrected chi connectivity index (χ3v) is 4.11. The Kier molecular flexibility index (Phi) is 4.99. The number of carbonyl (C=O) groups is 2. The molecular weight excluding hydrogens is 266 g/mol. The zero-order valence-electron chi connectivity index (χ0n) is 12.8. The molecule has 4 heteroatoms. The van der Waals surface area contributed by atoms with E-state index in [1.165, 1.54) is 0 Å². The molecule has 1 N–H and O–H groups in total. The molecule has 21 heavy (non-hydrogen) atoms. The smallest absolute Gasteiger partial charge is 0.335 e. The van der Waals surface area contributed by atoms with E-state index in [9.17, 15) is 9.59 Å². The van der Waals surface area contributed by atoms with Crippen LogP contribution in [0.1, 0.15) is 55.5 Å². The summed E-state index contributed by atoms with van der Waals surface area (Å²) in [4.78, 5) is 25.6. The number of carbonyl (C=O) groups excluding carboxylic acids is 1. The fraction of sp³-hybridized carbons (Fsp3) is 0.529. The molecule has 114 valence electrons. The van der Waals surface area contributed by atoms with Crippen molar-refractivity contribution in [1.29, 1.82) is 0 Å². The molecule has 0 aliphatic carbocycles. The maximum atomic E-state index is 12.7. The topological polar surface area (TPSA) is 57.6 Å². The minimum atomic E-state index is -0.919. The van der Waals surface area contributed by atoms with Crippen LogP contribution in [0.25, 0.3) is 0 Å². The summed E-state index contributed by atoms with van der Waals surface area (Å²) in [5, 5.41) is 9.04. The average Bonchev–Trinajstić information content (AvgIpc) is 2.89. The summed E-state index contributed by atoms with van der Waals surface area (Å²) in [6, 6.07) is 5.06. The van der Waals surface area contributed by atoms with E-state index in [2.05, 4.69) is 13.8 Å². The molecule has 4 nitrogen and oxygen atoms in total. The average molecular weight is 289 g/mol. The second kappa shape index (κ2) is 6.74. The second-order valence-electron chi connectivity index (χ2n) is 5.66. The minimum absolute atomic E-state index is 0.0881. The number of anilines is 1. The molecule has 0 fully saturated rings. The molecule has 1 amide bonds. The van der Waals surface area contributed by atoms with Crippen molar-refractivity contribution in [2.24, 2.45) is 5.92 Å². The number of hydrogen-bond acceptors (Lipinski definition) is 2. The molecule has 0 saturated heterocycles. The first-order valence-corrected chi connectivity index (χ1v) is 7.76. The Hall–Kier alpha value is -1.84. The van der Waals surface area contributed by atoms with Gasteiger partial charge in [0.2, 0.25) is 5.91 Å². The molecular formula is C17H23NO3. The Morgan fingerprint density at radius 3 is 2.48 bits per heavy atom. The fourth-order valence-electron chi connectivity index (χ4n) is 3.07. The van der Waals surface area contributed by atoms with Crippen LogP contribution < -0.4 is 4.90 Å². The predicted molar refractivity (Wildman–Crippen MR) is 82.8 cm³/mol. The summed E-state index contributed by atoms with van der Waals surface area (Å²) in [6.07, 6.45) is 4.61. The Morgan fingerprint density at radius 2 is 1.90 bits per heavy atom. The van der Waals surface area contributed by atoms with Gasteiger partial charge in [0, 0.05) is 18.2 Å². The summed E-state index contributed by atoms with van der Waals surface area (Å²) in [6.45, 7) is 4.88. The van der Waals surface area contributed by atoms with Gasteiger partial charge in [0.05, 0.1) is 5.56 Å². The van der Waals surface area contributed by atoms with E-state index in [1.54, 1.807) is 18.2 Å². The summed E-state index contributed by atoms with van der Waals surface area (Å²) in [5.41, 5.74) is 2.15. The molecule has 0 saturated carbocycles. The lowest BCUT2D eigenvalue weighted by molar-refractivity contribution is -0.122. The van der Waals surface area contributed by atoms with Crippen molar-refractivity contribution >= 4 is 17.6 Å².